The van der Waals surface area contributed by atoms with Crippen LogP contribution in [0.3, 0.4) is 0 Å². The molecule has 0 amide bonds. The largest absolute Gasteiger partial charge is 0.411 e. The molecular weight excluding hydrogens is 420 g/mol. The molecule has 0 aromatic heterocycles. The minimum Gasteiger partial charge on any atom is -0.411 e. The van der Waals surface area contributed by atoms with Crippen molar-refractivity contribution in [3.8, 4) is 0 Å². The van der Waals surface area contributed by atoms with Gasteiger partial charge in [0.05, 0.1) is 12.4 Å². The van der Waals surface area contributed by atoms with E-state index in [1.807, 2.05) is 72.0 Å². The standard InChI is InChI=1S/C24H26N6O3/c31-26-15-23-25-11-14-30(23,18-22-9-5-2-6-10-22)20-33-19-29-13-12-28(24(29)16-27-32)17-21-7-3-1-4-8-21/h1-16,24H,17-20H2,(H-,31,32)/p+1/b26-15-,27-16-. The van der Waals surface area contributed by atoms with Crippen molar-refractivity contribution in [2.45, 2.75) is 19.3 Å². The Morgan fingerprint density at radius 3 is 2.33 bits per heavy atom. The Balaban J connectivity index is 1.43. The lowest BCUT2D eigenvalue weighted by molar-refractivity contribution is -0.822. The molecule has 2 aliphatic heterocycles. The summed E-state index contributed by atoms with van der Waals surface area (Å²) in [7, 11) is 0. The number of hydrogen-bond acceptors (Lipinski definition) is 8. The van der Waals surface area contributed by atoms with Gasteiger partial charge in [0, 0.05) is 24.5 Å². The lowest BCUT2D eigenvalue weighted by Gasteiger charge is -2.33. The van der Waals surface area contributed by atoms with Gasteiger partial charge in [-0.2, -0.15) is 4.99 Å². The maximum atomic E-state index is 9.21. The van der Waals surface area contributed by atoms with E-state index in [1.54, 1.807) is 6.20 Å². The van der Waals surface area contributed by atoms with E-state index in [1.165, 1.54) is 12.4 Å². The normalized spacial score (nSPS) is 22.2. The molecule has 2 atom stereocenters. The van der Waals surface area contributed by atoms with Crippen LogP contribution < -0.4 is 0 Å². The van der Waals surface area contributed by atoms with Gasteiger partial charge in [-0.05, 0) is 5.56 Å². The van der Waals surface area contributed by atoms with Gasteiger partial charge >= 0.3 is 0 Å². The van der Waals surface area contributed by atoms with E-state index in [4.69, 9.17) is 9.94 Å². The zero-order valence-corrected chi connectivity index (χ0v) is 18.1. The predicted octanol–water partition coefficient (Wildman–Crippen LogP) is 3.35. The van der Waals surface area contributed by atoms with Gasteiger partial charge in [-0.25, -0.2) is 4.48 Å². The summed E-state index contributed by atoms with van der Waals surface area (Å²) in [6, 6.07) is 20.1. The lowest BCUT2D eigenvalue weighted by Crippen LogP contribution is -2.49. The van der Waals surface area contributed by atoms with Crippen LogP contribution in [0.15, 0.2) is 101 Å². The number of oxime groups is 2. The van der Waals surface area contributed by atoms with Crippen molar-refractivity contribution < 1.29 is 19.6 Å². The van der Waals surface area contributed by atoms with Crippen LogP contribution in [0.5, 0.6) is 0 Å². The molecule has 2 unspecified atom stereocenters. The number of aliphatic imine (C=N–C) groups is 1. The zero-order valence-electron chi connectivity index (χ0n) is 18.1. The van der Waals surface area contributed by atoms with E-state index in [-0.39, 0.29) is 24.1 Å². The highest BCUT2D eigenvalue weighted by molar-refractivity contribution is 6.26. The molecule has 0 bridgehead atoms. The fourth-order valence-corrected chi connectivity index (χ4v) is 3.96. The van der Waals surface area contributed by atoms with Gasteiger partial charge in [0.15, 0.2) is 6.73 Å². The van der Waals surface area contributed by atoms with Crippen LogP contribution in [0.4, 0.5) is 0 Å². The van der Waals surface area contributed by atoms with Crippen molar-refractivity contribution in [2.24, 2.45) is 15.3 Å². The fraction of sp³-hybridized carbons (Fsp3) is 0.208. The van der Waals surface area contributed by atoms with E-state index in [2.05, 4.69) is 32.3 Å². The number of amidine groups is 1. The summed E-state index contributed by atoms with van der Waals surface area (Å²) in [4.78, 5) is 8.36. The Labute approximate surface area is 192 Å². The summed E-state index contributed by atoms with van der Waals surface area (Å²) in [5, 5.41) is 24.8. The first kappa shape index (κ1) is 22.3. The minimum absolute atomic E-state index is 0.262. The molecule has 4 rings (SSSR count). The van der Waals surface area contributed by atoms with E-state index < -0.39 is 0 Å². The number of quaternary nitrogens is 1. The van der Waals surface area contributed by atoms with Crippen molar-refractivity contribution in [1.82, 2.24) is 9.80 Å². The number of ether oxygens (including phenoxy) is 1. The van der Waals surface area contributed by atoms with Crippen LogP contribution >= 0.6 is 0 Å². The van der Waals surface area contributed by atoms with Gasteiger partial charge in [0.2, 0.25) is 0 Å². The molecule has 0 spiro atoms. The smallest absolute Gasteiger partial charge is 0.256 e. The van der Waals surface area contributed by atoms with Crippen molar-refractivity contribution in [1.29, 1.82) is 0 Å². The summed E-state index contributed by atoms with van der Waals surface area (Å²) in [5.41, 5.74) is 2.26. The first-order valence-electron chi connectivity index (χ1n) is 10.6. The Morgan fingerprint density at radius 1 is 0.939 bits per heavy atom. The van der Waals surface area contributed by atoms with Gasteiger partial charge in [-0.1, -0.05) is 71.0 Å². The molecule has 2 aliphatic rings. The SMILES string of the molecule is O/N=C\C1=NC=C[N+]1(COCN1C=CN(Cc2ccccc2)C1/C=N\O)Cc1ccccc1. The molecule has 2 aromatic rings. The van der Waals surface area contributed by atoms with E-state index in [0.717, 1.165) is 11.1 Å². The number of benzene rings is 2. The van der Waals surface area contributed by atoms with Crippen LogP contribution in [-0.2, 0) is 17.8 Å². The predicted molar refractivity (Wildman–Crippen MR) is 125 cm³/mol. The second-order valence-corrected chi connectivity index (χ2v) is 7.82. The van der Waals surface area contributed by atoms with E-state index in [0.29, 0.717) is 18.9 Å². The Morgan fingerprint density at radius 2 is 1.64 bits per heavy atom. The van der Waals surface area contributed by atoms with Crippen LogP contribution in [-0.4, -0.2) is 62.6 Å². The van der Waals surface area contributed by atoms with Crippen LogP contribution in [0, 0.1) is 0 Å². The summed E-state index contributed by atoms with van der Waals surface area (Å²) < 4.78 is 6.39. The Hall–Kier alpha value is -3.95. The number of hydrogen-bond donors (Lipinski definition) is 2. The summed E-state index contributed by atoms with van der Waals surface area (Å²) >= 11 is 0. The number of rotatable bonds is 10. The van der Waals surface area contributed by atoms with Crippen molar-refractivity contribution in [3.05, 3.63) is 96.6 Å². The molecule has 2 heterocycles. The lowest BCUT2D eigenvalue weighted by atomic mass is 10.2. The molecule has 9 heteroatoms. The molecule has 170 valence electrons. The van der Waals surface area contributed by atoms with E-state index in [9.17, 15) is 5.21 Å². The first-order chi connectivity index (χ1) is 16.2. The molecule has 0 radical (unpaired) electrons. The second-order valence-electron chi connectivity index (χ2n) is 7.82. The highest BCUT2D eigenvalue weighted by Crippen LogP contribution is 2.23. The molecule has 2 aromatic carbocycles. The maximum Gasteiger partial charge on any atom is 0.256 e. The van der Waals surface area contributed by atoms with Crippen LogP contribution in [0.25, 0.3) is 0 Å². The first-order valence-corrected chi connectivity index (χ1v) is 10.6. The molecule has 9 nitrogen and oxygen atoms in total. The van der Waals surface area contributed by atoms with Gasteiger partial charge in [-0.15, -0.1) is 0 Å². The number of nitrogens with zero attached hydrogens (tertiary/aromatic N) is 6. The van der Waals surface area contributed by atoms with Crippen molar-refractivity contribution >= 4 is 18.3 Å². The summed E-state index contributed by atoms with van der Waals surface area (Å²) in [6.07, 6.45) is 10.0. The van der Waals surface area contributed by atoms with Gasteiger partial charge < -0.3 is 25.0 Å². The van der Waals surface area contributed by atoms with E-state index >= 15 is 0 Å². The average molecular weight is 448 g/mol. The molecule has 0 saturated carbocycles. The third-order valence-electron chi connectivity index (χ3n) is 5.60. The maximum absolute atomic E-state index is 9.21. The van der Waals surface area contributed by atoms with Crippen LogP contribution in [0.2, 0.25) is 0 Å². The third kappa shape index (κ3) is 5.28. The van der Waals surface area contributed by atoms with Gasteiger partial charge in [0.1, 0.15) is 31.9 Å². The zero-order chi connectivity index (χ0) is 22.9. The van der Waals surface area contributed by atoms with Crippen LogP contribution in [0.1, 0.15) is 11.1 Å². The molecule has 0 fully saturated rings. The molecule has 0 saturated heterocycles. The minimum atomic E-state index is -0.279. The van der Waals surface area contributed by atoms with Crippen molar-refractivity contribution in [3.63, 3.8) is 0 Å². The second kappa shape index (κ2) is 10.6. The molecule has 33 heavy (non-hydrogen) atoms. The average Bonchev–Trinajstić information content (AvgIpc) is 3.40. The topological polar surface area (TPSA) is 93.3 Å². The highest BCUT2D eigenvalue weighted by Gasteiger charge is 2.36. The highest BCUT2D eigenvalue weighted by atomic mass is 16.5. The summed E-state index contributed by atoms with van der Waals surface area (Å²) in [5.74, 6) is 0.581. The molecular formula is C24H27N6O3+. The van der Waals surface area contributed by atoms with Gasteiger partial charge in [0.25, 0.3) is 5.84 Å². The monoisotopic (exact) mass is 447 g/mol. The fourth-order valence-electron chi connectivity index (χ4n) is 3.96. The molecule has 2 N–H and O–H groups in total. The Bertz CT molecular complexity index is 1050. The van der Waals surface area contributed by atoms with Gasteiger partial charge in [-0.3, -0.25) is 0 Å². The quantitative estimate of drug-likeness (QED) is 0.252. The third-order valence-corrected chi connectivity index (χ3v) is 5.60. The Kier molecular flexibility index (Phi) is 7.13. The molecule has 0 aliphatic carbocycles. The van der Waals surface area contributed by atoms with Crippen molar-refractivity contribution in [2.75, 3.05) is 13.5 Å². The summed E-state index contributed by atoms with van der Waals surface area (Å²) in [6.45, 7) is 1.82.